The van der Waals surface area contributed by atoms with Crippen LogP contribution in [0.5, 0.6) is 0 Å². The van der Waals surface area contributed by atoms with E-state index < -0.39 is 0 Å². The van der Waals surface area contributed by atoms with Crippen LogP contribution < -0.4 is 5.32 Å². The van der Waals surface area contributed by atoms with Crippen molar-refractivity contribution in [3.8, 4) is 0 Å². The number of nitrogens with one attached hydrogen (secondary N) is 1. The molecule has 0 aliphatic rings. The average molecular weight is 291 g/mol. The molecule has 0 unspecified atom stereocenters. The van der Waals surface area contributed by atoms with Crippen LogP contribution in [0.25, 0.3) is 0 Å². The summed E-state index contributed by atoms with van der Waals surface area (Å²) in [5, 5.41) is 3.42. The first-order valence-electron chi connectivity index (χ1n) is 7.93. The second-order valence-electron chi connectivity index (χ2n) is 6.37. The summed E-state index contributed by atoms with van der Waals surface area (Å²) >= 11 is 0. The number of hydrogen-bond donors (Lipinski definition) is 1. The van der Waals surface area contributed by atoms with Gasteiger partial charge in [-0.2, -0.15) is 0 Å². The van der Waals surface area contributed by atoms with Crippen LogP contribution in [0.4, 0.5) is 5.69 Å². The molecule has 1 rings (SSSR count). The zero-order valence-electron chi connectivity index (χ0n) is 13.9. The summed E-state index contributed by atoms with van der Waals surface area (Å²) in [6, 6.07) is 8.64. The lowest BCUT2D eigenvalue weighted by Crippen LogP contribution is -2.11. The largest absolute Gasteiger partial charge is 0.466 e. The van der Waals surface area contributed by atoms with Gasteiger partial charge in [0.05, 0.1) is 6.61 Å². The molecule has 0 radical (unpaired) electrons. The van der Waals surface area contributed by atoms with Gasteiger partial charge in [0.1, 0.15) is 0 Å². The standard InChI is InChI=1S/C18H29NO2/c1-5-21-17(20)9-7-6-8-14-19-16-12-10-15(11-13-16)18(2,3)4/h10-13,19H,5-9,14H2,1-4H3. The maximum Gasteiger partial charge on any atom is 0.305 e. The van der Waals surface area contributed by atoms with E-state index in [1.165, 1.54) is 5.56 Å². The Balaban J connectivity index is 2.17. The Labute approximate surface area is 129 Å². The molecule has 3 heteroatoms. The number of benzene rings is 1. The number of esters is 1. The molecule has 0 amide bonds. The van der Waals surface area contributed by atoms with E-state index in [4.69, 9.17) is 4.74 Å². The summed E-state index contributed by atoms with van der Waals surface area (Å²) in [4.78, 5) is 11.2. The molecule has 0 spiro atoms. The second-order valence-corrected chi connectivity index (χ2v) is 6.37. The summed E-state index contributed by atoms with van der Waals surface area (Å²) in [7, 11) is 0. The third-order valence-electron chi connectivity index (χ3n) is 3.44. The molecular weight excluding hydrogens is 262 g/mol. The van der Waals surface area contributed by atoms with Gasteiger partial charge < -0.3 is 10.1 Å². The smallest absolute Gasteiger partial charge is 0.305 e. The van der Waals surface area contributed by atoms with Crippen LogP contribution in [0.2, 0.25) is 0 Å². The van der Waals surface area contributed by atoms with E-state index in [1.54, 1.807) is 0 Å². The van der Waals surface area contributed by atoms with Crippen molar-refractivity contribution in [1.29, 1.82) is 0 Å². The maximum atomic E-state index is 11.2. The fourth-order valence-corrected chi connectivity index (χ4v) is 2.13. The van der Waals surface area contributed by atoms with Gasteiger partial charge in [0.25, 0.3) is 0 Å². The fraction of sp³-hybridized carbons (Fsp3) is 0.611. The minimum atomic E-state index is -0.0803. The predicted molar refractivity (Wildman–Crippen MR) is 88.7 cm³/mol. The van der Waals surface area contributed by atoms with E-state index in [0.29, 0.717) is 13.0 Å². The molecule has 0 saturated carbocycles. The zero-order valence-corrected chi connectivity index (χ0v) is 13.9. The van der Waals surface area contributed by atoms with Gasteiger partial charge in [-0.25, -0.2) is 0 Å². The van der Waals surface area contributed by atoms with Crippen molar-refractivity contribution in [1.82, 2.24) is 0 Å². The van der Waals surface area contributed by atoms with Crippen molar-refractivity contribution in [2.75, 3.05) is 18.5 Å². The van der Waals surface area contributed by atoms with Gasteiger partial charge in [-0.05, 0) is 42.9 Å². The van der Waals surface area contributed by atoms with E-state index in [2.05, 4.69) is 50.4 Å². The first kappa shape index (κ1) is 17.5. The van der Waals surface area contributed by atoms with Crippen LogP contribution in [0.1, 0.15) is 58.9 Å². The topological polar surface area (TPSA) is 38.3 Å². The second kappa shape index (κ2) is 8.71. The number of hydrogen-bond acceptors (Lipinski definition) is 3. The van der Waals surface area contributed by atoms with Crippen molar-refractivity contribution >= 4 is 11.7 Å². The Kier molecular flexibility index (Phi) is 7.27. The Hall–Kier alpha value is -1.51. The van der Waals surface area contributed by atoms with Crippen molar-refractivity contribution in [3.05, 3.63) is 29.8 Å². The molecule has 1 aromatic rings. The number of rotatable bonds is 8. The van der Waals surface area contributed by atoms with Gasteiger partial charge in [-0.15, -0.1) is 0 Å². The maximum absolute atomic E-state index is 11.2. The molecule has 1 aromatic carbocycles. The third-order valence-corrected chi connectivity index (χ3v) is 3.44. The highest BCUT2D eigenvalue weighted by molar-refractivity contribution is 5.69. The summed E-state index contributed by atoms with van der Waals surface area (Å²) in [5.74, 6) is -0.0803. The summed E-state index contributed by atoms with van der Waals surface area (Å²) in [5.41, 5.74) is 2.71. The Morgan fingerprint density at radius 3 is 2.33 bits per heavy atom. The lowest BCUT2D eigenvalue weighted by atomic mass is 9.87. The van der Waals surface area contributed by atoms with Crippen LogP contribution in [-0.4, -0.2) is 19.1 Å². The molecule has 0 aromatic heterocycles. The molecule has 0 saturated heterocycles. The number of ether oxygens (including phenoxy) is 1. The van der Waals surface area contributed by atoms with Crippen LogP contribution >= 0.6 is 0 Å². The SMILES string of the molecule is CCOC(=O)CCCCCNc1ccc(C(C)(C)C)cc1. The average Bonchev–Trinajstić information content (AvgIpc) is 2.42. The molecule has 0 atom stereocenters. The molecule has 3 nitrogen and oxygen atoms in total. The Morgan fingerprint density at radius 1 is 1.10 bits per heavy atom. The van der Waals surface area contributed by atoms with E-state index in [0.717, 1.165) is 31.5 Å². The van der Waals surface area contributed by atoms with Gasteiger partial charge in [0, 0.05) is 18.7 Å². The van der Waals surface area contributed by atoms with Gasteiger partial charge in [0.2, 0.25) is 0 Å². The van der Waals surface area contributed by atoms with Gasteiger partial charge in [-0.3, -0.25) is 4.79 Å². The molecular formula is C18H29NO2. The lowest BCUT2D eigenvalue weighted by molar-refractivity contribution is -0.143. The molecule has 118 valence electrons. The number of anilines is 1. The highest BCUT2D eigenvalue weighted by Gasteiger charge is 2.12. The summed E-state index contributed by atoms with van der Waals surface area (Å²) < 4.78 is 4.90. The zero-order chi connectivity index (χ0) is 15.7. The first-order chi connectivity index (χ1) is 9.93. The van der Waals surface area contributed by atoms with Crippen LogP contribution in [0.3, 0.4) is 0 Å². The lowest BCUT2D eigenvalue weighted by Gasteiger charge is -2.19. The quantitative estimate of drug-likeness (QED) is 0.565. The minimum Gasteiger partial charge on any atom is -0.466 e. The van der Waals surface area contributed by atoms with Crippen molar-refractivity contribution in [2.24, 2.45) is 0 Å². The van der Waals surface area contributed by atoms with Crippen LogP contribution in [0.15, 0.2) is 24.3 Å². The molecule has 21 heavy (non-hydrogen) atoms. The van der Waals surface area contributed by atoms with Crippen LogP contribution in [0, 0.1) is 0 Å². The fourth-order valence-electron chi connectivity index (χ4n) is 2.13. The number of unbranched alkanes of at least 4 members (excludes halogenated alkanes) is 2. The summed E-state index contributed by atoms with van der Waals surface area (Å²) in [6.07, 6.45) is 3.56. The Bertz CT molecular complexity index is 418. The van der Waals surface area contributed by atoms with E-state index in [1.807, 2.05) is 6.92 Å². The first-order valence-corrected chi connectivity index (χ1v) is 7.93. The number of carbonyl (C=O) groups excluding carboxylic acids is 1. The minimum absolute atomic E-state index is 0.0803. The third kappa shape index (κ3) is 7.16. The van der Waals surface area contributed by atoms with Crippen molar-refractivity contribution in [3.63, 3.8) is 0 Å². The van der Waals surface area contributed by atoms with Crippen LogP contribution in [-0.2, 0) is 14.9 Å². The molecule has 0 aliphatic heterocycles. The Morgan fingerprint density at radius 2 is 1.76 bits per heavy atom. The van der Waals surface area contributed by atoms with Gasteiger partial charge >= 0.3 is 5.97 Å². The highest BCUT2D eigenvalue weighted by atomic mass is 16.5. The van der Waals surface area contributed by atoms with Crippen molar-refractivity contribution in [2.45, 2.75) is 58.8 Å². The van der Waals surface area contributed by atoms with E-state index in [-0.39, 0.29) is 11.4 Å². The van der Waals surface area contributed by atoms with E-state index >= 15 is 0 Å². The number of carbonyl (C=O) groups is 1. The molecule has 0 bridgehead atoms. The normalized spacial score (nSPS) is 11.2. The van der Waals surface area contributed by atoms with Gasteiger partial charge in [0.15, 0.2) is 0 Å². The molecule has 1 N–H and O–H groups in total. The monoisotopic (exact) mass is 291 g/mol. The molecule has 0 heterocycles. The molecule has 0 fully saturated rings. The van der Waals surface area contributed by atoms with Gasteiger partial charge in [-0.1, -0.05) is 39.3 Å². The van der Waals surface area contributed by atoms with E-state index in [9.17, 15) is 4.79 Å². The highest BCUT2D eigenvalue weighted by Crippen LogP contribution is 2.23. The predicted octanol–water partition coefficient (Wildman–Crippen LogP) is 4.52. The van der Waals surface area contributed by atoms with Crippen molar-refractivity contribution < 1.29 is 9.53 Å². The summed E-state index contributed by atoms with van der Waals surface area (Å²) in [6.45, 7) is 9.92. The molecule has 0 aliphatic carbocycles.